The van der Waals surface area contributed by atoms with Gasteiger partial charge in [-0.05, 0) is 55.5 Å². The van der Waals surface area contributed by atoms with Crippen LogP contribution in [0, 0.1) is 18.8 Å². The Morgan fingerprint density at radius 1 is 1.05 bits per heavy atom. The lowest BCUT2D eigenvalue weighted by molar-refractivity contribution is 0.0939. The third-order valence-electron chi connectivity index (χ3n) is 6.44. The van der Waals surface area contributed by atoms with Crippen LogP contribution in [-0.4, -0.2) is 30.1 Å². The fourth-order valence-corrected chi connectivity index (χ4v) is 5.14. The van der Waals surface area contributed by atoms with Crippen molar-refractivity contribution < 1.29 is 4.79 Å². The van der Waals surface area contributed by atoms with Crippen molar-refractivity contribution in [1.82, 2.24) is 29.5 Å². The molecule has 1 unspecified atom stereocenters. The summed E-state index contributed by atoms with van der Waals surface area (Å²) >= 11 is 1.47. The molecule has 39 heavy (non-hydrogen) atoms. The third kappa shape index (κ3) is 4.47. The van der Waals surface area contributed by atoms with E-state index in [4.69, 9.17) is 0 Å². The van der Waals surface area contributed by atoms with Crippen LogP contribution < -0.4 is 10.9 Å². The fourth-order valence-electron chi connectivity index (χ4n) is 4.66. The summed E-state index contributed by atoms with van der Waals surface area (Å²) < 4.78 is 3.22. The van der Waals surface area contributed by atoms with Crippen molar-refractivity contribution in [3.8, 4) is 17.5 Å². The van der Waals surface area contributed by atoms with E-state index in [0.29, 0.717) is 44.9 Å². The summed E-state index contributed by atoms with van der Waals surface area (Å²) in [6.07, 6.45) is 3.38. The molecular weight excluding hydrogens is 508 g/mol. The number of rotatable bonds is 4. The lowest BCUT2D eigenvalue weighted by atomic mass is 10.0. The molecule has 0 aliphatic carbocycles. The number of hydrogen-bond acceptors (Lipinski definition) is 6. The van der Waals surface area contributed by atoms with Crippen LogP contribution >= 0.6 is 11.3 Å². The Morgan fingerprint density at radius 2 is 1.90 bits per heavy atom. The number of hydrogen-bond donors (Lipinski definition) is 1. The van der Waals surface area contributed by atoms with Crippen molar-refractivity contribution in [2.24, 2.45) is 0 Å². The fraction of sp³-hybridized carbons (Fsp3) is 0.100. The Bertz CT molecular complexity index is 1960. The van der Waals surface area contributed by atoms with Crippen LogP contribution in [0.15, 0.2) is 88.7 Å². The molecule has 0 saturated carbocycles. The van der Waals surface area contributed by atoms with Crippen LogP contribution in [0.2, 0.25) is 0 Å². The molecule has 2 aromatic carbocycles. The maximum Gasteiger partial charge on any atom is 0.264 e. The molecule has 0 radical (unpaired) electrons. The molecule has 4 heterocycles. The molecule has 1 N–H and O–H groups in total. The first-order chi connectivity index (χ1) is 19.0. The van der Waals surface area contributed by atoms with Gasteiger partial charge in [-0.25, -0.2) is 14.5 Å². The van der Waals surface area contributed by atoms with E-state index in [1.54, 1.807) is 40.0 Å². The van der Waals surface area contributed by atoms with E-state index >= 15 is 0 Å². The number of carbonyl (C=O) groups excluding carboxylic acids is 1. The van der Waals surface area contributed by atoms with Crippen molar-refractivity contribution in [2.75, 3.05) is 0 Å². The standard InChI is InChI=1S/C30H22N6O2S/c1-19(33-29(37)26-20(2)34-35-15-7-14-31-28(26)35)25-16-22-9-6-8-21(12-13-23-17-39-18-32-23)27(22)30(38)36(25)24-10-4-3-5-11-24/h3-11,14-19H,1-2H3,(H,33,37). The minimum Gasteiger partial charge on any atom is -0.344 e. The second-order valence-corrected chi connectivity index (χ2v) is 9.70. The minimum absolute atomic E-state index is 0.216. The lowest BCUT2D eigenvalue weighted by Crippen LogP contribution is -2.32. The van der Waals surface area contributed by atoms with Crippen LogP contribution in [0.4, 0.5) is 0 Å². The van der Waals surface area contributed by atoms with Gasteiger partial charge in [-0.1, -0.05) is 36.3 Å². The molecule has 1 atom stereocenters. The van der Waals surface area contributed by atoms with E-state index in [9.17, 15) is 9.59 Å². The van der Waals surface area contributed by atoms with Gasteiger partial charge < -0.3 is 5.32 Å². The number of aryl methyl sites for hydroxylation is 1. The number of nitrogens with zero attached hydrogens (tertiary/aromatic N) is 5. The van der Waals surface area contributed by atoms with Gasteiger partial charge in [-0.3, -0.25) is 14.2 Å². The molecule has 0 aliphatic rings. The quantitative estimate of drug-likeness (QED) is 0.334. The zero-order valence-corrected chi connectivity index (χ0v) is 21.9. The minimum atomic E-state index is -0.516. The van der Waals surface area contributed by atoms with E-state index in [2.05, 4.69) is 32.2 Å². The Balaban J connectivity index is 1.48. The molecular formula is C30H22N6O2S. The van der Waals surface area contributed by atoms with Crippen molar-refractivity contribution in [1.29, 1.82) is 0 Å². The lowest BCUT2D eigenvalue weighted by Gasteiger charge is -2.21. The van der Waals surface area contributed by atoms with Crippen molar-refractivity contribution in [2.45, 2.75) is 19.9 Å². The first-order valence-electron chi connectivity index (χ1n) is 12.3. The molecule has 6 rings (SSSR count). The number of aromatic nitrogens is 5. The first kappa shape index (κ1) is 24.3. The molecule has 0 aliphatic heterocycles. The molecule has 9 heteroatoms. The second-order valence-electron chi connectivity index (χ2n) is 8.98. The summed E-state index contributed by atoms with van der Waals surface area (Å²) in [6, 6.07) is 18.2. The van der Waals surface area contributed by atoms with E-state index in [1.165, 1.54) is 11.3 Å². The monoisotopic (exact) mass is 530 g/mol. The predicted molar refractivity (Wildman–Crippen MR) is 151 cm³/mol. The summed E-state index contributed by atoms with van der Waals surface area (Å²) in [5.41, 5.74) is 5.56. The van der Waals surface area contributed by atoms with E-state index in [1.807, 2.05) is 66.9 Å². The van der Waals surface area contributed by atoms with Crippen LogP contribution in [0.1, 0.15) is 46.0 Å². The SMILES string of the molecule is Cc1nn2cccnc2c1C(=O)NC(C)c1cc2cccc(C#Cc3cscn3)c2c(=O)n1-c1ccccc1. The smallest absolute Gasteiger partial charge is 0.264 e. The predicted octanol–water partition coefficient (Wildman–Crippen LogP) is 4.69. The van der Waals surface area contributed by atoms with E-state index in [0.717, 1.165) is 5.39 Å². The van der Waals surface area contributed by atoms with Gasteiger partial charge in [-0.15, -0.1) is 11.3 Å². The van der Waals surface area contributed by atoms with Crippen molar-refractivity contribution in [3.63, 3.8) is 0 Å². The average Bonchev–Trinajstić information content (AvgIpc) is 3.59. The molecule has 0 spiro atoms. The van der Waals surface area contributed by atoms with Gasteiger partial charge in [0.25, 0.3) is 11.5 Å². The van der Waals surface area contributed by atoms with Gasteiger partial charge in [0.15, 0.2) is 5.65 Å². The van der Waals surface area contributed by atoms with Crippen LogP contribution in [0.3, 0.4) is 0 Å². The molecule has 4 aromatic heterocycles. The Labute approximate surface area is 227 Å². The van der Waals surface area contributed by atoms with Crippen molar-refractivity contribution in [3.05, 3.63) is 123 Å². The average molecular weight is 531 g/mol. The first-order valence-corrected chi connectivity index (χ1v) is 13.2. The second kappa shape index (κ2) is 10.0. The number of pyridine rings is 1. The molecule has 1 amide bonds. The highest BCUT2D eigenvalue weighted by Crippen LogP contribution is 2.24. The van der Waals surface area contributed by atoms with Crippen LogP contribution in [-0.2, 0) is 0 Å². The number of thiazole rings is 1. The number of carbonyl (C=O) groups is 1. The topological polar surface area (TPSA) is 94.2 Å². The van der Waals surface area contributed by atoms with Gasteiger partial charge in [0.2, 0.25) is 0 Å². The molecule has 6 aromatic rings. The summed E-state index contributed by atoms with van der Waals surface area (Å²) in [5.74, 6) is 5.86. The summed E-state index contributed by atoms with van der Waals surface area (Å²) in [7, 11) is 0. The third-order valence-corrected chi connectivity index (χ3v) is 7.02. The van der Waals surface area contributed by atoms with Gasteiger partial charge >= 0.3 is 0 Å². The Morgan fingerprint density at radius 3 is 2.69 bits per heavy atom. The van der Waals surface area contributed by atoms with E-state index in [-0.39, 0.29) is 11.5 Å². The van der Waals surface area contributed by atoms with E-state index < -0.39 is 6.04 Å². The summed E-state index contributed by atoms with van der Waals surface area (Å²) in [5, 5.41) is 10.6. The summed E-state index contributed by atoms with van der Waals surface area (Å²) in [4.78, 5) is 36.1. The number of para-hydroxylation sites is 1. The highest BCUT2D eigenvalue weighted by Gasteiger charge is 2.23. The number of fused-ring (bicyclic) bond motifs is 2. The molecule has 0 bridgehead atoms. The molecule has 0 fully saturated rings. The Hall–Kier alpha value is -5.07. The normalized spacial score (nSPS) is 11.7. The van der Waals surface area contributed by atoms with Crippen molar-refractivity contribution >= 4 is 33.7 Å². The highest BCUT2D eigenvalue weighted by molar-refractivity contribution is 7.07. The number of nitrogens with one attached hydrogen (secondary N) is 1. The van der Waals surface area contributed by atoms with Gasteiger partial charge in [0.1, 0.15) is 11.3 Å². The largest absolute Gasteiger partial charge is 0.344 e. The van der Waals surface area contributed by atoms with Gasteiger partial charge in [0.05, 0.1) is 22.6 Å². The summed E-state index contributed by atoms with van der Waals surface area (Å²) in [6.45, 7) is 3.64. The molecule has 8 nitrogen and oxygen atoms in total. The number of amides is 1. The van der Waals surface area contributed by atoms with Crippen LogP contribution in [0.5, 0.6) is 0 Å². The van der Waals surface area contributed by atoms with Gasteiger partial charge in [0, 0.05) is 34.7 Å². The maximum atomic E-state index is 14.1. The van der Waals surface area contributed by atoms with Gasteiger partial charge in [-0.2, -0.15) is 5.10 Å². The number of benzene rings is 2. The Kier molecular flexibility index (Phi) is 6.23. The highest BCUT2D eigenvalue weighted by atomic mass is 32.1. The zero-order valence-electron chi connectivity index (χ0n) is 21.1. The van der Waals surface area contributed by atoms with Crippen LogP contribution in [0.25, 0.3) is 22.1 Å². The zero-order chi connectivity index (χ0) is 26.9. The molecule has 0 saturated heterocycles. The maximum absolute atomic E-state index is 14.1. The molecule has 190 valence electrons.